The lowest BCUT2D eigenvalue weighted by molar-refractivity contribution is -0.363. The van der Waals surface area contributed by atoms with Crippen molar-refractivity contribution >= 4 is 11.8 Å². The highest BCUT2D eigenvalue weighted by atomic mass is 16.8. The molecule has 0 aromatic rings. The first-order valence-corrected chi connectivity index (χ1v) is 16.4. The van der Waals surface area contributed by atoms with Crippen molar-refractivity contribution in [2.75, 3.05) is 26.4 Å². The van der Waals surface area contributed by atoms with E-state index in [0.29, 0.717) is 0 Å². The van der Waals surface area contributed by atoms with Crippen LogP contribution in [-0.4, -0.2) is 217 Å². The molecule has 4 rings (SSSR count). The zero-order chi connectivity index (χ0) is 37.9. The Morgan fingerprint density at radius 3 is 1.51 bits per heavy atom. The van der Waals surface area contributed by atoms with Crippen LogP contribution in [0.4, 0.5) is 0 Å². The molecule has 0 aromatic carbocycles. The van der Waals surface area contributed by atoms with E-state index >= 15 is 0 Å². The molecule has 22 heteroatoms. The molecule has 13 N–H and O–H groups in total. The molecule has 20 atom stereocenters. The van der Waals surface area contributed by atoms with Crippen LogP contribution in [0.5, 0.6) is 0 Å². The monoisotopic (exact) mass is 746 g/mol. The Bertz CT molecular complexity index is 1140. The van der Waals surface area contributed by atoms with Crippen LogP contribution in [0.15, 0.2) is 0 Å². The predicted octanol–water partition coefficient (Wildman–Crippen LogP) is -8.39. The second-order valence-corrected chi connectivity index (χ2v) is 13.0. The fraction of sp³-hybridized carbons (Fsp3) is 0.931. The van der Waals surface area contributed by atoms with Gasteiger partial charge in [-0.15, -0.1) is 0 Å². The maximum atomic E-state index is 12.2. The Kier molecular flexibility index (Phi) is 14.8. The van der Waals surface area contributed by atoms with Gasteiger partial charge in [0.05, 0.1) is 38.6 Å². The highest BCUT2D eigenvalue weighted by Crippen LogP contribution is 2.33. The molecule has 8 unspecified atom stereocenters. The number of hydrogen-bond acceptors (Lipinski definition) is 20. The van der Waals surface area contributed by atoms with Crippen LogP contribution in [0, 0.1) is 0 Å². The molecule has 0 aliphatic carbocycles. The number of rotatable bonds is 12. The quantitative estimate of drug-likeness (QED) is 0.0881. The Labute approximate surface area is 291 Å². The number of nitrogens with one attached hydrogen (secondary N) is 2. The third-order valence-corrected chi connectivity index (χ3v) is 9.26. The molecule has 4 fully saturated rings. The summed E-state index contributed by atoms with van der Waals surface area (Å²) in [5.74, 6) is -1.19. The van der Waals surface area contributed by atoms with Gasteiger partial charge >= 0.3 is 0 Å². The maximum absolute atomic E-state index is 12.2. The van der Waals surface area contributed by atoms with E-state index in [9.17, 15) is 65.8 Å². The summed E-state index contributed by atoms with van der Waals surface area (Å²) in [7, 11) is 0. The van der Waals surface area contributed by atoms with Gasteiger partial charge in [0.1, 0.15) is 91.5 Å². The molecular formula is C29H50N2O20. The van der Waals surface area contributed by atoms with E-state index in [1.165, 1.54) is 6.92 Å². The van der Waals surface area contributed by atoms with Crippen molar-refractivity contribution in [3.63, 3.8) is 0 Å². The molecule has 0 radical (unpaired) electrons. The van der Waals surface area contributed by atoms with E-state index in [4.69, 9.17) is 33.2 Å². The van der Waals surface area contributed by atoms with Gasteiger partial charge < -0.3 is 100.0 Å². The number of amides is 2. The minimum absolute atomic E-state index is 0.496. The first-order chi connectivity index (χ1) is 24.0. The summed E-state index contributed by atoms with van der Waals surface area (Å²) in [4.78, 5) is 24.0. The molecule has 0 aromatic heterocycles. The third-order valence-electron chi connectivity index (χ3n) is 9.26. The number of aliphatic hydroxyl groups excluding tert-OH is 11. The van der Waals surface area contributed by atoms with Crippen LogP contribution in [0.2, 0.25) is 0 Å². The van der Waals surface area contributed by atoms with Crippen LogP contribution >= 0.6 is 0 Å². The van der Waals surface area contributed by atoms with Gasteiger partial charge in [-0.1, -0.05) is 0 Å². The molecule has 0 spiro atoms. The molecule has 2 amide bonds. The Hall–Kier alpha value is -1.78. The van der Waals surface area contributed by atoms with Crippen molar-refractivity contribution in [2.45, 2.75) is 143 Å². The average Bonchev–Trinajstić information content (AvgIpc) is 3.09. The van der Waals surface area contributed by atoms with Gasteiger partial charge in [0.15, 0.2) is 18.9 Å². The fourth-order valence-corrected chi connectivity index (χ4v) is 6.50. The summed E-state index contributed by atoms with van der Waals surface area (Å²) in [6, 6.07) is -2.51. The topological polar surface area (TPSA) is 345 Å². The summed E-state index contributed by atoms with van der Waals surface area (Å²) < 4.78 is 39.6. The first kappa shape index (κ1) is 42.0. The van der Waals surface area contributed by atoms with E-state index in [0.717, 1.165) is 6.92 Å². The number of hydrogen-bond donors (Lipinski definition) is 13. The largest absolute Gasteiger partial charge is 0.394 e. The van der Waals surface area contributed by atoms with Gasteiger partial charge in [0.25, 0.3) is 0 Å². The van der Waals surface area contributed by atoms with Crippen molar-refractivity contribution in [2.24, 2.45) is 0 Å². The molecule has 4 heterocycles. The Morgan fingerprint density at radius 2 is 0.961 bits per heavy atom. The summed E-state index contributed by atoms with van der Waals surface area (Å²) >= 11 is 0. The van der Waals surface area contributed by atoms with Crippen LogP contribution < -0.4 is 10.6 Å². The number of ether oxygens (including phenoxy) is 7. The molecule has 22 nitrogen and oxygen atoms in total. The lowest BCUT2D eigenvalue weighted by atomic mass is 9.92. The van der Waals surface area contributed by atoms with Gasteiger partial charge in [0, 0.05) is 13.8 Å². The molecule has 4 aliphatic heterocycles. The van der Waals surface area contributed by atoms with E-state index in [1.807, 2.05) is 0 Å². The predicted molar refractivity (Wildman–Crippen MR) is 161 cm³/mol. The molecule has 0 saturated carbocycles. The summed E-state index contributed by atoms with van der Waals surface area (Å²) in [6.45, 7) is 0.927. The van der Waals surface area contributed by atoms with Gasteiger partial charge in [-0.2, -0.15) is 0 Å². The minimum Gasteiger partial charge on any atom is -0.394 e. The molecule has 296 valence electrons. The van der Waals surface area contributed by atoms with Gasteiger partial charge in [-0.05, 0) is 6.92 Å². The smallest absolute Gasteiger partial charge is 0.217 e. The second-order valence-electron chi connectivity index (χ2n) is 13.0. The number of carbonyl (C=O) groups excluding carboxylic acids is 2. The van der Waals surface area contributed by atoms with Gasteiger partial charge in [0.2, 0.25) is 11.8 Å². The second kappa shape index (κ2) is 18.0. The molecule has 0 bridgehead atoms. The summed E-state index contributed by atoms with van der Waals surface area (Å²) in [5, 5.41) is 119. The van der Waals surface area contributed by atoms with Crippen molar-refractivity contribution in [1.82, 2.24) is 10.6 Å². The fourth-order valence-electron chi connectivity index (χ4n) is 6.50. The summed E-state index contributed by atoms with van der Waals surface area (Å²) in [5.41, 5.74) is 0. The van der Waals surface area contributed by atoms with Crippen LogP contribution in [0.1, 0.15) is 20.8 Å². The number of aliphatic hydroxyl groups is 11. The Morgan fingerprint density at radius 1 is 0.529 bits per heavy atom. The zero-order valence-corrected chi connectivity index (χ0v) is 28.0. The normalized spacial score (nSPS) is 47.8. The van der Waals surface area contributed by atoms with E-state index in [-0.39, 0.29) is 0 Å². The minimum atomic E-state index is -1.98. The van der Waals surface area contributed by atoms with Crippen molar-refractivity contribution in [1.29, 1.82) is 0 Å². The average molecular weight is 747 g/mol. The molecule has 4 saturated heterocycles. The third kappa shape index (κ3) is 9.30. The van der Waals surface area contributed by atoms with Crippen LogP contribution in [0.25, 0.3) is 0 Å². The van der Waals surface area contributed by atoms with Crippen molar-refractivity contribution in [3.05, 3.63) is 0 Å². The van der Waals surface area contributed by atoms with Crippen molar-refractivity contribution < 1.29 is 98.9 Å². The number of carbonyl (C=O) groups is 2. The van der Waals surface area contributed by atoms with Crippen LogP contribution in [-0.2, 0) is 42.7 Å². The van der Waals surface area contributed by atoms with Crippen LogP contribution in [0.3, 0.4) is 0 Å². The van der Waals surface area contributed by atoms with E-state index < -0.39 is 161 Å². The van der Waals surface area contributed by atoms with Gasteiger partial charge in [-0.3, -0.25) is 9.59 Å². The lowest BCUT2D eigenvalue weighted by Gasteiger charge is -2.49. The van der Waals surface area contributed by atoms with E-state index in [1.54, 1.807) is 6.92 Å². The molecular weight excluding hydrogens is 696 g/mol. The van der Waals surface area contributed by atoms with Crippen molar-refractivity contribution in [3.8, 4) is 0 Å². The molecule has 51 heavy (non-hydrogen) atoms. The highest BCUT2D eigenvalue weighted by Gasteiger charge is 2.54. The van der Waals surface area contributed by atoms with E-state index in [2.05, 4.69) is 10.6 Å². The summed E-state index contributed by atoms with van der Waals surface area (Å²) in [6.07, 6.45) is -28.8. The Balaban J connectivity index is 1.50. The van der Waals surface area contributed by atoms with Gasteiger partial charge in [-0.25, -0.2) is 0 Å². The SMILES string of the molecule is CC(=O)NC1[C@H](O[C@@H]2C(CO)O[C@@H](C)C(NC(C)=O)[C@H]2O)OC(CO)[C@@H](O[C@@H]2OC(CO[C@H]3OC(CO)[C@@H](O)[C@H](O)C3O)[C@@H](O)[C@H](O)C2O)[C@@H]1O. The first-order valence-electron chi connectivity index (χ1n) is 16.4. The lowest BCUT2D eigenvalue weighted by Crippen LogP contribution is -2.70. The zero-order valence-electron chi connectivity index (χ0n) is 28.0. The molecule has 4 aliphatic rings. The maximum Gasteiger partial charge on any atom is 0.217 e. The standard InChI is InChI=1S/C29H50N2O20/c1-8-15(30-9(2)35)19(39)25(12(5-33)46-8)50-27-16(31-10(3)36)20(40)26(13(6-34)48-27)51-29-24(44)22(42)18(38)14(49-29)7-45-28-23(43)21(41)17(37)11(4-32)47-28/h8,11-29,32-34,37-44H,4-7H2,1-3H3,(H,30,35)(H,31,36)/t8-,11?,12?,13?,14?,15?,16?,17+,18+,19+,20+,21-,22-,23?,24?,25+,26+,27-,28-,29-/m0/s1. The highest BCUT2D eigenvalue weighted by molar-refractivity contribution is 5.73.